The van der Waals surface area contributed by atoms with Crippen molar-refractivity contribution in [2.75, 3.05) is 11.9 Å². The lowest BCUT2D eigenvalue weighted by molar-refractivity contribution is -0.117. The third-order valence-electron chi connectivity index (χ3n) is 4.66. The quantitative estimate of drug-likeness (QED) is 0.412. The molecule has 0 radical (unpaired) electrons. The van der Waals surface area contributed by atoms with Crippen molar-refractivity contribution in [3.8, 4) is 0 Å². The van der Waals surface area contributed by atoms with Gasteiger partial charge < -0.3 is 10.2 Å². The first-order valence-corrected chi connectivity index (χ1v) is 10.5. The van der Waals surface area contributed by atoms with E-state index in [2.05, 4.69) is 5.32 Å². The van der Waals surface area contributed by atoms with Crippen molar-refractivity contribution in [2.45, 2.75) is 6.54 Å². The summed E-state index contributed by atoms with van der Waals surface area (Å²) < 4.78 is 41.7. The molecule has 3 aromatic carbocycles. The van der Waals surface area contributed by atoms with Crippen LogP contribution in [0, 0.1) is 17.5 Å². The maximum Gasteiger partial charge on any atom is 0.264 e. The van der Waals surface area contributed by atoms with Crippen molar-refractivity contribution < 1.29 is 22.8 Å². The third kappa shape index (κ3) is 5.15. The van der Waals surface area contributed by atoms with Gasteiger partial charge in [-0.3, -0.25) is 9.59 Å². The smallest absolute Gasteiger partial charge is 0.264 e. The van der Waals surface area contributed by atoms with Crippen molar-refractivity contribution >= 4 is 38.9 Å². The number of carbonyl (C=O) groups excluding carboxylic acids is 2. The van der Waals surface area contributed by atoms with Crippen LogP contribution in [0.25, 0.3) is 10.1 Å². The van der Waals surface area contributed by atoms with E-state index in [0.29, 0.717) is 4.88 Å². The van der Waals surface area contributed by atoms with Gasteiger partial charge in [-0.2, -0.15) is 0 Å². The number of benzene rings is 3. The Morgan fingerprint density at radius 3 is 2.31 bits per heavy atom. The number of fused-ring (bicyclic) bond motifs is 1. The van der Waals surface area contributed by atoms with Gasteiger partial charge in [0.2, 0.25) is 5.91 Å². The normalized spacial score (nSPS) is 10.8. The topological polar surface area (TPSA) is 49.4 Å². The molecule has 0 saturated heterocycles. The van der Waals surface area contributed by atoms with Crippen LogP contribution in [0.15, 0.2) is 72.8 Å². The van der Waals surface area contributed by atoms with E-state index in [1.807, 2.05) is 24.3 Å². The molecule has 32 heavy (non-hydrogen) atoms. The molecule has 0 bridgehead atoms. The molecule has 0 aliphatic heterocycles. The SMILES string of the molecule is O=C(CN(Cc1cc(F)cc(F)c1)C(=O)c1cc2ccccc2s1)Nc1cccc(F)c1. The van der Waals surface area contributed by atoms with Crippen LogP contribution in [0.4, 0.5) is 18.9 Å². The Hall–Kier alpha value is -3.65. The molecule has 0 saturated carbocycles. The van der Waals surface area contributed by atoms with Gasteiger partial charge in [-0.05, 0) is 53.4 Å². The van der Waals surface area contributed by atoms with Crippen molar-refractivity contribution in [3.05, 3.63) is 101 Å². The summed E-state index contributed by atoms with van der Waals surface area (Å²) in [5.74, 6) is -3.10. The maximum atomic E-state index is 13.7. The van der Waals surface area contributed by atoms with E-state index < -0.39 is 29.3 Å². The molecule has 1 aromatic heterocycles. The van der Waals surface area contributed by atoms with E-state index >= 15 is 0 Å². The van der Waals surface area contributed by atoms with E-state index in [-0.39, 0.29) is 24.3 Å². The van der Waals surface area contributed by atoms with Gasteiger partial charge in [0.15, 0.2) is 0 Å². The van der Waals surface area contributed by atoms with Crippen molar-refractivity contribution in [3.63, 3.8) is 0 Å². The minimum absolute atomic E-state index is 0.182. The molecule has 162 valence electrons. The summed E-state index contributed by atoms with van der Waals surface area (Å²) in [6, 6.07) is 17.5. The standard InChI is InChI=1S/C24H17F3N2O2S/c25-17-5-3-6-20(12-17)28-23(30)14-29(13-15-8-18(26)11-19(27)9-15)24(31)22-10-16-4-1-2-7-21(16)32-22/h1-12H,13-14H2,(H,28,30). The average molecular weight is 454 g/mol. The molecule has 1 N–H and O–H groups in total. The molecular formula is C24H17F3N2O2S. The summed E-state index contributed by atoms with van der Waals surface area (Å²) in [4.78, 5) is 27.4. The molecule has 4 aromatic rings. The molecule has 0 atom stereocenters. The second-order valence-electron chi connectivity index (χ2n) is 7.15. The Balaban J connectivity index is 1.60. The molecule has 8 heteroatoms. The van der Waals surface area contributed by atoms with Crippen molar-refractivity contribution in [2.24, 2.45) is 0 Å². The van der Waals surface area contributed by atoms with Gasteiger partial charge in [0.1, 0.15) is 24.0 Å². The number of hydrogen-bond acceptors (Lipinski definition) is 3. The maximum absolute atomic E-state index is 13.7. The highest BCUT2D eigenvalue weighted by atomic mass is 32.1. The summed E-state index contributed by atoms with van der Waals surface area (Å²) in [5, 5.41) is 3.41. The first-order valence-electron chi connectivity index (χ1n) is 9.65. The Labute approximate surface area is 185 Å². The van der Waals surface area contributed by atoms with Crippen LogP contribution in [0.2, 0.25) is 0 Å². The largest absolute Gasteiger partial charge is 0.324 e. The number of halogens is 3. The highest BCUT2D eigenvalue weighted by Crippen LogP contribution is 2.27. The predicted molar refractivity (Wildman–Crippen MR) is 118 cm³/mol. The zero-order valence-corrected chi connectivity index (χ0v) is 17.5. The predicted octanol–water partition coefficient (Wildman–Crippen LogP) is 5.60. The van der Waals surface area contributed by atoms with Gasteiger partial charge >= 0.3 is 0 Å². The zero-order chi connectivity index (χ0) is 22.7. The average Bonchev–Trinajstić information content (AvgIpc) is 3.16. The minimum Gasteiger partial charge on any atom is -0.324 e. The van der Waals surface area contributed by atoms with Crippen LogP contribution in [-0.2, 0) is 11.3 Å². The fraction of sp³-hybridized carbons (Fsp3) is 0.0833. The summed E-state index contributed by atoms with van der Waals surface area (Å²) in [7, 11) is 0. The lowest BCUT2D eigenvalue weighted by atomic mass is 10.2. The number of thiophene rings is 1. The molecule has 4 nitrogen and oxygen atoms in total. The molecule has 0 aliphatic rings. The lowest BCUT2D eigenvalue weighted by Gasteiger charge is -2.22. The van der Waals surface area contributed by atoms with E-state index in [0.717, 1.165) is 34.4 Å². The molecule has 0 aliphatic carbocycles. The van der Waals surface area contributed by atoms with Crippen molar-refractivity contribution in [1.82, 2.24) is 4.90 Å². The number of carbonyl (C=O) groups is 2. The van der Waals surface area contributed by atoms with Crippen LogP contribution in [0.3, 0.4) is 0 Å². The minimum atomic E-state index is -0.779. The van der Waals surface area contributed by atoms with Crippen LogP contribution in [0.1, 0.15) is 15.2 Å². The van der Waals surface area contributed by atoms with Gasteiger partial charge in [0.25, 0.3) is 5.91 Å². The Bertz CT molecular complexity index is 1250. The third-order valence-corrected chi connectivity index (χ3v) is 5.77. The first kappa shape index (κ1) is 21.6. The lowest BCUT2D eigenvalue weighted by Crippen LogP contribution is -2.37. The fourth-order valence-corrected chi connectivity index (χ4v) is 4.34. The molecule has 4 rings (SSSR count). The first-order chi connectivity index (χ1) is 15.4. The van der Waals surface area contributed by atoms with Crippen LogP contribution < -0.4 is 5.32 Å². The highest BCUT2D eigenvalue weighted by molar-refractivity contribution is 7.20. The summed E-state index contributed by atoms with van der Waals surface area (Å²) in [5.41, 5.74) is 0.441. The van der Waals surface area contributed by atoms with Crippen LogP contribution in [0.5, 0.6) is 0 Å². The summed E-state index contributed by atoms with van der Waals surface area (Å²) >= 11 is 1.26. The zero-order valence-electron chi connectivity index (χ0n) is 16.6. The molecule has 0 spiro atoms. The Kier molecular flexibility index (Phi) is 6.23. The number of nitrogens with one attached hydrogen (secondary N) is 1. The molecular weight excluding hydrogens is 437 g/mol. The molecule has 0 fully saturated rings. The summed E-state index contributed by atoms with van der Waals surface area (Å²) in [6.07, 6.45) is 0. The highest BCUT2D eigenvalue weighted by Gasteiger charge is 2.22. The van der Waals surface area contributed by atoms with Gasteiger partial charge in [-0.1, -0.05) is 24.3 Å². The molecule has 1 heterocycles. The second kappa shape index (κ2) is 9.23. The second-order valence-corrected chi connectivity index (χ2v) is 8.23. The monoisotopic (exact) mass is 454 g/mol. The number of anilines is 1. The number of amides is 2. The number of hydrogen-bond donors (Lipinski definition) is 1. The van der Waals surface area contributed by atoms with E-state index in [1.54, 1.807) is 6.07 Å². The van der Waals surface area contributed by atoms with Crippen molar-refractivity contribution in [1.29, 1.82) is 0 Å². The van der Waals surface area contributed by atoms with Gasteiger partial charge in [0, 0.05) is 23.0 Å². The summed E-state index contributed by atoms with van der Waals surface area (Å²) in [6.45, 7) is -0.569. The molecule has 0 unspecified atom stereocenters. The van der Waals surface area contributed by atoms with Crippen LogP contribution in [-0.4, -0.2) is 23.3 Å². The van der Waals surface area contributed by atoms with Crippen LogP contribution >= 0.6 is 11.3 Å². The number of nitrogens with zero attached hydrogens (tertiary/aromatic N) is 1. The van der Waals surface area contributed by atoms with E-state index in [4.69, 9.17) is 0 Å². The van der Waals surface area contributed by atoms with E-state index in [9.17, 15) is 22.8 Å². The molecule has 2 amide bonds. The van der Waals surface area contributed by atoms with Gasteiger partial charge in [-0.25, -0.2) is 13.2 Å². The Morgan fingerprint density at radius 1 is 0.844 bits per heavy atom. The Morgan fingerprint density at radius 2 is 1.59 bits per heavy atom. The van der Waals surface area contributed by atoms with Gasteiger partial charge in [-0.15, -0.1) is 11.3 Å². The fourth-order valence-electron chi connectivity index (χ4n) is 3.31. The van der Waals surface area contributed by atoms with Gasteiger partial charge in [0.05, 0.1) is 4.88 Å². The number of rotatable bonds is 6. The van der Waals surface area contributed by atoms with E-state index in [1.165, 1.54) is 34.4 Å².